The van der Waals surface area contributed by atoms with E-state index in [1.807, 2.05) is 19.2 Å². The van der Waals surface area contributed by atoms with Crippen LogP contribution in [0, 0.1) is 0 Å². The van der Waals surface area contributed by atoms with Gasteiger partial charge in [-0.3, -0.25) is 0 Å². The van der Waals surface area contributed by atoms with Crippen LogP contribution in [0.2, 0.25) is 0 Å². The Balaban J connectivity index is 2.15. The molecule has 0 aromatic heterocycles. The van der Waals surface area contributed by atoms with E-state index < -0.39 is 0 Å². The molecular formula is C12H20N2. The lowest BCUT2D eigenvalue weighted by atomic mass is 10.1. The predicted molar refractivity (Wildman–Crippen MR) is 62.3 cm³/mol. The molecule has 0 fully saturated rings. The Hall–Kier alpha value is -1.02. The molecule has 3 N–H and O–H groups in total. The number of benzene rings is 1. The van der Waals surface area contributed by atoms with Crippen LogP contribution in [-0.4, -0.2) is 13.6 Å². The summed E-state index contributed by atoms with van der Waals surface area (Å²) in [5, 5.41) is 3.16. The van der Waals surface area contributed by atoms with E-state index in [-0.39, 0.29) is 0 Å². The van der Waals surface area contributed by atoms with Crippen LogP contribution < -0.4 is 11.1 Å². The molecule has 1 aromatic rings. The summed E-state index contributed by atoms with van der Waals surface area (Å²) in [7, 11) is 2.00. The number of nitrogens with two attached hydrogens (primary N) is 1. The molecule has 0 saturated heterocycles. The van der Waals surface area contributed by atoms with Crippen LogP contribution in [0.4, 0.5) is 5.69 Å². The van der Waals surface area contributed by atoms with Crippen LogP contribution in [0.5, 0.6) is 0 Å². The lowest BCUT2D eigenvalue weighted by Gasteiger charge is -2.02. The van der Waals surface area contributed by atoms with Crippen molar-refractivity contribution in [3.63, 3.8) is 0 Å². The zero-order valence-electron chi connectivity index (χ0n) is 8.92. The summed E-state index contributed by atoms with van der Waals surface area (Å²) in [5.74, 6) is 0. The minimum absolute atomic E-state index is 0.851. The Morgan fingerprint density at radius 2 is 1.79 bits per heavy atom. The number of unbranched alkanes of at least 4 members (excludes halogenated alkanes) is 2. The van der Waals surface area contributed by atoms with Crippen LogP contribution >= 0.6 is 0 Å². The van der Waals surface area contributed by atoms with Gasteiger partial charge in [-0.2, -0.15) is 0 Å². The molecule has 0 amide bonds. The maximum Gasteiger partial charge on any atom is 0.0314 e. The van der Waals surface area contributed by atoms with Gasteiger partial charge in [0.2, 0.25) is 0 Å². The van der Waals surface area contributed by atoms with E-state index in [0.29, 0.717) is 0 Å². The Morgan fingerprint density at radius 1 is 1.07 bits per heavy atom. The highest BCUT2D eigenvalue weighted by Gasteiger charge is 1.93. The van der Waals surface area contributed by atoms with E-state index in [0.717, 1.165) is 12.2 Å². The second-order valence-electron chi connectivity index (χ2n) is 3.66. The standard InChI is InChI=1S/C12H20N2/c1-14-10-4-2-3-5-11-6-8-12(13)9-7-11/h6-9,14H,2-5,10,13H2,1H3. The molecule has 2 heteroatoms. The summed E-state index contributed by atoms with van der Waals surface area (Å²) in [6, 6.07) is 8.19. The number of nitrogen functional groups attached to an aromatic ring is 1. The summed E-state index contributed by atoms with van der Waals surface area (Å²) in [6.07, 6.45) is 5.01. The van der Waals surface area contributed by atoms with Gasteiger partial charge in [-0.15, -0.1) is 0 Å². The fraction of sp³-hybridized carbons (Fsp3) is 0.500. The quantitative estimate of drug-likeness (QED) is 0.535. The van der Waals surface area contributed by atoms with Crippen molar-refractivity contribution in [2.75, 3.05) is 19.3 Å². The molecule has 78 valence electrons. The average molecular weight is 192 g/mol. The smallest absolute Gasteiger partial charge is 0.0314 e. The summed E-state index contributed by atoms with van der Waals surface area (Å²) >= 11 is 0. The fourth-order valence-corrected chi connectivity index (χ4v) is 1.49. The number of anilines is 1. The third-order valence-electron chi connectivity index (χ3n) is 2.37. The molecule has 0 heterocycles. The highest BCUT2D eigenvalue weighted by atomic mass is 14.8. The minimum Gasteiger partial charge on any atom is -0.399 e. The molecule has 14 heavy (non-hydrogen) atoms. The third kappa shape index (κ3) is 4.28. The van der Waals surface area contributed by atoms with Crippen molar-refractivity contribution in [1.29, 1.82) is 0 Å². The predicted octanol–water partition coefficient (Wildman–Crippen LogP) is 2.20. The zero-order chi connectivity index (χ0) is 10.2. The van der Waals surface area contributed by atoms with E-state index >= 15 is 0 Å². The molecule has 0 aliphatic carbocycles. The summed E-state index contributed by atoms with van der Waals surface area (Å²) in [6.45, 7) is 1.13. The molecule has 0 atom stereocenters. The van der Waals surface area contributed by atoms with Gasteiger partial charge in [-0.25, -0.2) is 0 Å². The molecule has 0 unspecified atom stereocenters. The van der Waals surface area contributed by atoms with Gasteiger partial charge in [-0.05, 0) is 50.6 Å². The van der Waals surface area contributed by atoms with Crippen molar-refractivity contribution >= 4 is 5.69 Å². The first-order chi connectivity index (χ1) is 6.83. The third-order valence-corrected chi connectivity index (χ3v) is 2.37. The maximum absolute atomic E-state index is 5.61. The van der Waals surface area contributed by atoms with Gasteiger partial charge >= 0.3 is 0 Å². The van der Waals surface area contributed by atoms with E-state index in [4.69, 9.17) is 5.73 Å². The van der Waals surface area contributed by atoms with Crippen LogP contribution in [0.15, 0.2) is 24.3 Å². The van der Waals surface area contributed by atoms with Crippen molar-refractivity contribution in [2.24, 2.45) is 0 Å². The minimum atomic E-state index is 0.851. The van der Waals surface area contributed by atoms with Crippen molar-refractivity contribution in [3.05, 3.63) is 29.8 Å². The summed E-state index contributed by atoms with van der Waals surface area (Å²) < 4.78 is 0. The second kappa shape index (κ2) is 6.44. The number of hydrogen-bond acceptors (Lipinski definition) is 2. The molecular weight excluding hydrogens is 172 g/mol. The Kier molecular flexibility index (Phi) is 5.08. The van der Waals surface area contributed by atoms with E-state index in [1.165, 1.54) is 31.2 Å². The molecule has 2 nitrogen and oxygen atoms in total. The largest absolute Gasteiger partial charge is 0.399 e. The highest BCUT2D eigenvalue weighted by molar-refractivity contribution is 5.39. The number of rotatable bonds is 6. The Morgan fingerprint density at radius 3 is 2.43 bits per heavy atom. The molecule has 0 saturated carbocycles. The molecule has 0 bridgehead atoms. The van der Waals surface area contributed by atoms with Crippen LogP contribution in [-0.2, 0) is 6.42 Å². The van der Waals surface area contributed by atoms with Crippen LogP contribution in [0.1, 0.15) is 24.8 Å². The first-order valence-corrected chi connectivity index (χ1v) is 5.32. The van der Waals surface area contributed by atoms with Crippen molar-refractivity contribution < 1.29 is 0 Å². The fourth-order valence-electron chi connectivity index (χ4n) is 1.49. The number of nitrogens with one attached hydrogen (secondary N) is 1. The van der Waals surface area contributed by atoms with E-state index in [2.05, 4.69) is 17.4 Å². The molecule has 1 rings (SSSR count). The lowest BCUT2D eigenvalue weighted by molar-refractivity contribution is 0.642. The van der Waals surface area contributed by atoms with Gasteiger partial charge in [0.25, 0.3) is 0 Å². The highest BCUT2D eigenvalue weighted by Crippen LogP contribution is 2.09. The summed E-state index contributed by atoms with van der Waals surface area (Å²) in [5.41, 5.74) is 7.86. The lowest BCUT2D eigenvalue weighted by Crippen LogP contribution is -2.07. The van der Waals surface area contributed by atoms with E-state index in [1.54, 1.807) is 0 Å². The SMILES string of the molecule is CNCCCCCc1ccc(N)cc1. The van der Waals surface area contributed by atoms with Crippen molar-refractivity contribution in [3.8, 4) is 0 Å². The van der Waals surface area contributed by atoms with Crippen LogP contribution in [0.3, 0.4) is 0 Å². The topological polar surface area (TPSA) is 38.0 Å². The van der Waals surface area contributed by atoms with E-state index in [9.17, 15) is 0 Å². The number of aryl methyl sites for hydroxylation is 1. The number of hydrogen-bond donors (Lipinski definition) is 2. The van der Waals surface area contributed by atoms with Crippen molar-refractivity contribution in [1.82, 2.24) is 5.32 Å². The first kappa shape index (κ1) is 11.1. The normalized spacial score (nSPS) is 10.4. The first-order valence-electron chi connectivity index (χ1n) is 5.32. The molecule has 1 aromatic carbocycles. The summed E-state index contributed by atoms with van der Waals surface area (Å²) in [4.78, 5) is 0. The molecule has 0 aliphatic heterocycles. The Bertz CT molecular complexity index is 241. The zero-order valence-corrected chi connectivity index (χ0v) is 8.92. The Labute approximate surface area is 86.5 Å². The monoisotopic (exact) mass is 192 g/mol. The van der Waals surface area contributed by atoms with Gasteiger partial charge in [0, 0.05) is 5.69 Å². The van der Waals surface area contributed by atoms with Crippen molar-refractivity contribution in [2.45, 2.75) is 25.7 Å². The van der Waals surface area contributed by atoms with Gasteiger partial charge in [-0.1, -0.05) is 18.6 Å². The second-order valence-corrected chi connectivity index (χ2v) is 3.66. The van der Waals surface area contributed by atoms with Gasteiger partial charge in [0.1, 0.15) is 0 Å². The molecule has 0 spiro atoms. The van der Waals surface area contributed by atoms with Gasteiger partial charge < -0.3 is 11.1 Å². The average Bonchev–Trinajstić information content (AvgIpc) is 2.21. The van der Waals surface area contributed by atoms with Gasteiger partial charge in [0.05, 0.1) is 0 Å². The molecule has 0 radical (unpaired) electrons. The molecule has 0 aliphatic rings. The van der Waals surface area contributed by atoms with Gasteiger partial charge in [0.15, 0.2) is 0 Å². The van der Waals surface area contributed by atoms with Crippen LogP contribution in [0.25, 0.3) is 0 Å². The maximum atomic E-state index is 5.61.